The van der Waals surface area contributed by atoms with Crippen molar-refractivity contribution in [2.75, 3.05) is 32.0 Å². The predicted octanol–water partition coefficient (Wildman–Crippen LogP) is 5.11. The zero-order valence-corrected chi connectivity index (χ0v) is 22.4. The van der Waals surface area contributed by atoms with E-state index in [2.05, 4.69) is 37.5 Å². The van der Waals surface area contributed by atoms with Crippen LogP contribution in [-0.4, -0.2) is 48.8 Å². The number of piperidine rings is 1. The van der Waals surface area contributed by atoms with Crippen LogP contribution in [-0.2, 0) is 22.4 Å². The Morgan fingerprint density at radius 3 is 2.61 bits per heavy atom. The number of carbonyl (C=O) groups is 2. The van der Waals surface area contributed by atoms with E-state index in [-0.39, 0.29) is 17.7 Å². The molecule has 1 aromatic rings. The third-order valence-corrected chi connectivity index (χ3v) is 7.48. The summed E-state index contributed by atoms with van der Waals surface area (Å²) >= 11 is 0. The molecule has 1 fully saturated rings. The molecule has 1 aliphatic rings. The van der Waals surface area contributed by atoms with E-state index in [0.717, 1.165) is 81.4 Å². The van der Waals surface area contributed by atoms with Crippen molar-refractivity contribution in [1.82, 2.24) is 9.88 Å². The minimum atomic E-state index is 0.213. The zero-order chi connectivity index (χ0) is 26.3. The fraction of sp³-hybridized carbons (Fsp3) is 0.567. The van der Waals surface area contributed by atoms with E-state index >= 15 is 0 Å². The molecule has 0 spiro atoms. The first-order valence-electron chi connectivity index (χ1n) is 13.5. The number of amides is 1. The molecule has 0 aromatic carbocycles. The highest BCUT2D eigenvalue weighted by Gasteiger charge is 2.32. The second kappa shape index (κ2) is 16.1. The van der Waals surface area contributed by atoms with Crippen LogP contribution in [0, 0.1) is 17.8 Å². The van der Waals surface area contributed by atoms with Crippen LogP contribution in [0.25, 0.3) is 0 Å². The standard InChI is InChI=1S/C30H46N4O2/c1-5-9-23(7-3)21-26(22-31)28(17-20-35)24-15-18-34(19-16-24)29(36)12-8-11-27-14-13-25(10-6-2)30(32-4)33-27/h5,7,9,13-14,20,24,26,28H,1,3,6,8,10-12,15-19,21-22,31H2,2,4H3,(H,32,33)/b23-9+. The minimum Gasteiger partial charge on any atom is -0.373 e. The number of aromatic nitrogens is 1. The van der Waals surface area contributed by atoms with E-state index in [1.807, 2.05) is 24.1 Å². The Hall–Kier alpha value is -2.73. The second-order valence-corrected chi connectivity index (χ2v) is 9.83. The Morgan fingerprint density at radius 1 is 1.28 bits per heavy atom. The Bertz CT molecular complexity index is 887. The maximum absolute atomic E-state index is 12.9. The average molecular weight is 495 g/mol. The van der Waals surface area contributed by atoms with Crippen molar-refractivity contribution < 1.29 is 9.59 Å². The van der Waals surface area contributed by atoms with Crippen LogP contribution in [0.2, 0.25) is 0 Å². The van der Waals surface area contributed by atoms with Gasteiger partial charge in [0.15, 0.2) is 0 Å². The summed E-state index contributed by atoms with van der Waals surface area (Å²) in [6, 6.07) is 4.24. The van der Waals surface area contributed by atoms with E-state index in [0.29, 0.717) is 25.3 Å². The van der Waals surface area contributed by atoms with E-state index < -0.39 is 0 Å². The largest absolute Gasteiger partial charge is 0.373 e. The van der Waals surface area contributed by atoms with Gasteiger partial charge >= 0.3 is 0 Å². The van der Waals surface area contributed by atoms with Crippen LogP contribution in [0.3, 0.4) is 0 Å². The number of nitrogens with one attached hydrogen (secondary N) is 1. The fourth-order valence-electron chi connectivity index (χ4n) is 5.47. The smallest absolute Gasteiger partial charge is 0.222 e. The summed E-state index contributed by atoms with van der Waals surface area (Å²) in [5.41, 5.74) is 9.52. The quantitative estimate of drug-likeness (QED) is 0.246. The molecule has 2 unspecified atom stereocenters. The Labute approximate surface area is 218 Å². The molecule has 6 heteroatoms. The lowest BCUT2D eigenvalue weighted by molar-refractivity contribution is -0.133. The number of carbonyl (C=O) groups excluding carboxylic acids is 2. The van der Waals surface area contributed by atoms with Crippen LogP contribution in [0.1, 0.15) is 63.1 Å². The van der Waals surface area contributed by atoms with Crippen molar-refractivity contribution in [3.8, 4) is 0 Å². The van der Waals surface area contributed by atoms with Gasteiger partial charge in [0, 0.05) is 38.7 Å². The van der Waals surface area contributed by atoms with Crippen LogP contribution < -0.4 is 11.1 Å². The molecule has 6 nitrogen and oxygen atoms in total. The number of nitrogens with zero attached hydrogens (tertiary/aromatic N) is 2. The molecule has 3 N–H and O–H groups in total. The Morgan fingerprint density at radius 2 is 2.03 bits per heavy atom. The van der Waals surface area contributed by atoms with Crippen molar-refractivity contribution in [3.63, 3.8) is 0 Å². The highest BCUT2D eigenvalue weighted by Crippen LogP contribution is 2.35. The number of hydrogen-bond donors (Lipinski definition) is 2. The number of likely N-dealkylation sites (tertiary alicyclic amines) is 1. The molecule has 0 bridgehead atoms. The Balaban J connectivity index is 1.88. The van der Waals surface area contributed by atoms with Gasteiger partial charge in [-0.25, -0.2) is 4.98 Å². The van der Waals surface area contributed by atoms with E-state index in [4.69, 9.17) is 10.7 Å². The molecule has 0 saturated carbocycles. The number of hydrogen-bond acceptors (Lipinski definition) is 5. The third-order valence-electron chi connectivity index (χ3n) is 7.48. The van der Waals surface area contributed by atoms with Crippen LogP contribution in [0.15, 0.2) is 49.1 Å². The number of aldehydes is 1. The monoisotopic (exact) mass is 494 g/mol. The Kier molecular flexibility index (Phi) is 13.2. The third kappa shape index (κ3) is 8.74. The van der Waals surface area contributed by atoms with Gasteiger partial charge < -0.3 is 20.7 Å². The van der Waals surface area contributed by atoms with Gasteiger partial charge in [-0.1, -0.05) is 50.8 Å². The van der Waals surface area contributed by atoms with Crippen molar-refractivity contribution in [2.45, 2.75) is 64.7 Å². The summed E-state index contributed by atoms with van der Waals surface area (Å²) in [5.74, 6) is 2.00. The highest BCUT2D eigenvalue weighted by molar-refractivity contribution is 5.76. The number of aryl methyl sites for hydroxylation is 2. The molecule has 2 heterocycles. The topological polar surface area (TPSA) is 88.3 Å². The molecular formula is C30H46N4O2. The van der Waals surface area contributed by atoms with Gasteiger partial charge in [0.1, 0.15) is 12.1 Å². The lowest BCUT2D eigenvalue weighted by Gasteiger charge is -2.39. The normalized spacial score (nSPS) is 16.3. The molecule has 1 aliphatic heterocycles. The molecule has 198 valence electrons. The van der Waals surface area contributed by atoms with Crippen molar-refractivity contribution >= 4 is 18.0 Å². The summed E-state index contributed by atoms with van der Waals surface area (Å²) in [7, 11) is 1.91. The van der Waals surface area contributed by atoms with E-state index in [1.165, 1.54) is 5.56 Å². The highest BCUT2D eigenvalue weighted by atomic mass is 16.2. The van der Waals surface area contributed by atoms with Gasteiger partial charge in [0.25, 0.3) is 0 Å². The van der Waals surface area contributed by atoms with Gasteiger partial charge in [0.05, 0.1) is 0 Å². The summed E-state index contributed by atoms with van der Waals surface area (Å²) < 4.78 is 0. The average Bonchev–Trinajstić information content (AvgIpc) is 2.90. The lowest BCUT2D eigenvalue weighted by Crippen LogP contribution is -2.42. The van der Waals surface area contributed by atoms with Crippen molar-refractivity contribution in [1.29, 1.82) is 0 Å². The second-order valence-electron chi connectivity index (χ2n) is 9.83. The van der Waals surface area contributed by atoms with Crippen LogP contribution in [0.4, 0.5) is 5.82 Å². The first-order valence-corrected chi connectivity index (χ1v) is 13.5. The number of rotatable bonds is 16. The van der Waals surface area contributed by atoms with E-state index in [9.17, 15) is 9.59 Å². The summed E-state index contributed by atoms with van der Waals surface area (Å²) in [6.45, 7) is 11.9. The van der Waals surface area contributed by atoms with Crippen molar-refractivity contribution in [2.24, 2.45) is 23.5 Å². The number of allylic oxidation sites excluding steroid dienone is 4. The van der Waals surface area contributed by atoms with Crippen molar-refractivity contribution in [3.05, 3.63) is 60.3 Å². The van der Waals surface area contributed by atoms with Crippen LogP contribution in [0.5, 0.6) is 0 Å². The molecular weight excluding hydrogens is 448 g/mol. The van der Waals surface area contributed by atoms with Gasteiger partial charge in [0.2, 0.25) is 5.91 Å². The molecule has 2 rings (SSSR count). The fourth-order valence-corrected chi connectivity index (χ4v) is 5.47. The van der Waals surface area contributed by atoms with Gasteiger partial charge in [-0.3, -0.25) is 4.79 Å². The number of pyridine rings is 1. The molecule has 1 amide bonds. The summed E-state index contributed by atoms with van der Waals surface area (Å²) in [6.07, 6.45) is 14.0. The number of anilines is 1. The maximum Gasteiger partial charge on any atom is 0.222 e. The minimum absolute atomic E-state index is 0.213. The first-order chi connectivity index (χ1) is 17.5. The predicted molar refractivity (Wildman–Crippen MR) is 150 cm³/mol. The number of nitrogens with two attached hydrogens (primary N) is 1. The van der Waals surface area contributed by atoms with Gasteiger partial charge in [-0.05, 0) is 80.0 Å². The zero-order valence-electron chi connectivity index (χ0n) is 22.4. The summed E-state index contributed by atoms with van der Waals surface area (Å²) in [4.78, 5) is 31.1. The maximum atomic E-state index is 12.9. The molecule has 1 saturated heterocycles. The molecule has 36 heavy (non-hydrogen) atoms. The SMILES string of the molecule is C=C/C=C(\C=C)CC(CN)C(CC=O)C1CCN(C(=O)CCCc2ccc(CCC)c(NC)n2)CC1. The van der Waals surface area contributed by atoms with Gasteiger partial charge in [-0.15, -0.1) is 0 Å². The molecule has 1 aromatic heterocycles. The summed E-state index contributed by atoms with van der Waals surface area (Å²) in [5, 5.41) is 3.20. The van der Waals surface area contributed by atoms with Gasteiger partial charge in [-0.2, -0.15) is 0 Å². The first kappa shape index (κ1) is 29.5. The van der Waals surface area contributed by atoms with E-state index in [1.54, 1.807) is 6.08 Å². The lowest BCUT2D eigenvalue weighted by atomic mass is 9.73. The molecule has 0 aliphatic carbocycles. The molecule has 2 atom stereocenters. The van der Waals surface area contributed by atoms with Crippen LogP contribution >= 0.6 is 0 Å². The molecule has 0 radical (unpaired) electrons.